The summed E-state index contributed by atoms with van der Waals surface area (Å²) >= 11 is 5.54. The zero-order valence-corrected chi connectivity index (χ0v) is 17.2. The Hall–Kier alpha value is -1.63. The van der Waals surface area contributed by atoms with Gasteiger partial charge in [-0.1, -0.05) is 12.8 Å². The molecule has 148 valence electrons. The van der Waals surface area contributed by atoms with E-state index in [9.17, 15) is 0 Å². The minimum Gasteiger partial charge on any atom is -0.360 e. The Labute approximate surface area is 168 Å². The molecule has 0 spiro atoms. The van der Waals surface area contributed by atoms with Crippen LogP contribution in [-0.2, 0) is 0 Å². The van der Waals surface area contributed by atoms with Crippen molar-refractivity contribution < 1.29 is 0 Å². The van der Waals surface area contributed by atoms with Gasteiger partial charge in [-0.25, -0.2) is 0 Å². The van der Waals surface area contributed by atoms with Crippen molar-refractivity contribution in [2.75, 3.05) is 34.8 Å². The van der Waals surface area contributed by atoms with Crippen LogP contribution in [0.4, 0.5) is 17.6 Å². The van der Waals surface area contributed by atoms with Gasteiger partial charge in [0.15, 0.2) is 5.11 Å². The van der Waals surface area contributed by atoms with Crippen molar-refractivity contribution in [2.45, 2.75) is 76.8 Å². The van der Waals surface area contributed by atoms with E-state index < -0.39 is 0 Å². The third-order valence-electron chi connectivity index (χ3n) is 6.14. The predicted octanol–water partition coefficient (Wildman–Crippen LogP) is 3.68. The molecule has 3 fully saturated rings. The van der Waals surface area contributed by atoms with Crippen LogP contribution < -0.4 is 20.4 Å². The molecule has 1 unspecified atom stereocenters. The molecule has 1 saturated carbocycles. The van der Waals surface area contributed by atoms with Gasteiger partial charge in [-0.05, 0) is 64.1 Å². The summed E-state index contributed by atoms with van der Waals surface area (Å²) in [5.74, 6) is 2.69. The molecule has 1 aromatic rings. The van der Waals surface area contributed by atoms with Crippen molar-refractivity contribution in [1.82, 2.24) is 15.3 Å². The van der Waals surface area contributed by atoms with Gasteiger partial charge >= 0.3 is 0 Å². The van der Waals surface area contributed by atoms with Crippen LogP contribution in [0, 0.1) is 0 Å². The standard InChI is InChI=1S/C20H32N6S/c1-15-8-4-5-13-26(15)18-14-17(25-11-6-7-12-25)22-19(23-18)24-20(27)21-16-9-2-3-10-16/h14-16H,2-13H2,1H3,(H2,21,22,23,24,27). The Morgan fingerprint density at radius 1 is 0.963 bits per heavy atom. The van der Waals surface area contributed by atoms with Crippen molar-refractivity contribution in [3.63, 3.8) is 0 Å². The molecule has 2 aliphatic heterocycles. The van der Waals surface area contributed by atoms with E-state index in [-0.39, 0.29) is 0 Å². The number of hydrogen-bond acceptors (Lipinski definition) is 5. The molecule has 2 saturated heterocycles. The zero-order chi connectivity index (χ0) is 18.6. The molecule has 27 heavy (non-hydrogen) atoms. The second-order valence-electron chi connectivity index (χ2n) is 8.22. The molecule has 1 aliphatic carbocycles. The highest BCUT2D eigenvalue weighted by molar-refractivity contribution is 7.80. The molecular weight excluding hydrogens is 356 g/mol. The van der Waals surface area contributed by atoms with Crippen molar-refractivity contribution in [1.29, 1.82) is 0 Å². The fraction of sp³-hybridized carbons (Fsp3) is 0.750. The monoisotopic (exact) mass is 388 g/mol. The summed E-state index contributed by atoms with van der Waals surface area (Å²) in [6.45, 7) is 5.53. The predicted molar refractivity (Wildman–Crippen MR) is 116 cm³/mol. The first-order chi connectivity index (χ1) is 13.2. The largest absolute Gasteiger partial charge is 0.360 e. The molecule has 1 aromatic heterocycles. The summed E-state index contributed by atoms with van der Waals surface area (Å²) in [6, 6.07) is 3.19. The lowest BCUT2D eigenvalue weighted by molar-refractivity contribution is 0.481. The lowest BCUT2D eigenvalue weighted by Crippen LogP contribution is -2.39. The first-order valence-electron chi connectivity index (χ1n) is 10.7. The van der Waals surface area contributed by atoms with Crippen LogP contribution >= 0.6 is 12.2 Å². The van der Waals surface area contributed by atoms with E-state index in [0.29, 0.717) is 23.1 Å². The van der Waals surface area contributed by atoms with Crippen LogP contribution in [0.5, 0.6) is 0 Å². The summed E-state index contributed by atoms with van der Waals surface area (Å²) in [6.07, 6.45) is 11.2. The molecule has 2 N–H and O–H groups in total. The quantitative estimate of drug-likeness (QED) is 0.763. The zero-order valence-electron chi connectivity index (χ0n) is 16.4. The summed E-state index contributed by atoms with van der Waals surface area (Å²) in [5, 5.41) is 7.36. The molecule has 7 heteroatoms. The van der Waals surface area contributed by atoms with E-state index in [4.69, 9.17) is 22.2 Å². The van der Waals surface area contributed by atoms with Crippen molar-refractivity contribution in [2.24, 2.45) is 0 Å². The average Bonchev–Trinajstić information content (AvgIpc) is 3.35. The smallest absolute Gasteiger partial charge is 0.232 e. The average molecular weight is 389 g/mol. The van der Waals surface area contributed by atoms with Gasteiger partial charge < -0.3 is 20.4 Å². The Kier molecular flexibility index (Phi) is 5.95. The lowest BCUT2D eigenvalue weighted by Gasteiger charge is -2.35. The third kappa shape index (κ3) is 4.62. The Bertz CT molecular complexity index is 654. The molecule has 0 bridgehead atoms. The number of nitrogens with zero attached hydrogens (tertiary/aromatic N) is 4. The lowest BCUT2D eigenvalue weighted by atomic mass is 10.0. The number of rotatable bonds is 4. The van der Waals surface area contributed by atoms with E-state index >= 15 is 0 Å². The molecule has 0 aromatic carbocycles. The third-order valence-corrected chi connectivity index (χ3v) is 6.36. The summed E-state index contributed by atoms with van der Waals surface area (Å²) in [4.78, 5) is 14.4. The van der Waals surface area contributed by atoms with E-state index in [1.165, 1.54) is 57.8 Å². The highest BCUT2D eigenvalue weighted by Gasteiger charge is 2.23. The Morgan fingerprint density at radius 2 is 1.63 bits per heavy atom. The molecule has 0 amide bonds. The van der Waals surface area contributed by atoms with Crippen LogP contribution in [0.1, 0.15) is 64.7 Å². The van der Waals surface area contributed by atoms with Gasteiger partial charge in [0.25, 0.3) is 0 Å². The van der Waals surface area contributed by atoms with Gasteiger partial charge in [0.05, 0.1) is 0 Å². The van der Waals surface area contributed by atoms with Crippen LogP contribution in [0.15, 0.2) is 6.07 Å². The van der Waals surface area contributed by atoms with Gasteiger partial charge in [0.1, 0.15) is 11.6 Å². The van der Waals surface area contributed by atoms with E-state index in [0.717, 1.165) is 31.3 Å². The van der Waals surface area contributed by atoms with E-state index in [2.05, 4.69) is 33.4 Å². The first kappa shape index (κ1) is 18.7. The maximum absolute atomic E-state index is 5.54. The van der Waals surface area contributed by atoms with Crippen LogP contribution in [-0.4, -0.2) is 46.8 Å². The first-order valence-corrected chi connectivity index (χ1v) is 11.1. The summed E-state index contributed by atoms with van der Waals surface area (Å²) in [5.41, 5.74) is 0. The van der Waals surface area contributed by atoms with Crippen LogP contribution in [0.2, 0.25) is 0 Å². The number of piperidine rings is 1. The minimum atomic E-state index is 0.494. The summed E-state index contributed by atoms with van der Waals surface area (Å²) < 4.78 is 0. The second-order valence-corrected chi connectivity index (χ2v) is 8.63. The van der Waals surface area contributed by atoms with Gasteiger partial charge in [0.2, 0.25) is 5.95 Å². The fourth-order valence-corrected chi connectivity index (χ4v) is 4.82. The molecule has 1 atom stereocenters. The topological polar surface area (TPSA) is 56.3 Å². The second kappa shape index (κ2) is 8.59. The van der Waals surface area contributed by atoms with Crippen molar-refractivity contribution in [3.05, 3.63) is 6.07 Å². The maximum Gasteiger partial charge on any atom is 0.232 e. The fourth-order valence-electron chi connectivity index (χ4n) is 4.56. The van der Waals surface area contributed by atoms with Gasteiger partial charge in [-0.15, -0.1) is 0 Å². The molecule has 4 rings (SSSR count). The molecule has 0 radical (unpaired) electrons. The van der Waals surface area contributed by atoms with Gasteiger partial charge in [-0.2, -0.15) is 9.97 Å². The van der Waals surface area contributed by atoms with Gasteiger partial charge in [-0.3, -0.25) is 0 Å². The van der Waals surface area contributed by atoms with Gasteiger partial charge in [0, 0.05) is 37.8 Å². The van der Waals surface area contributed by atoms with Crippen molar-refractivity contribution in [3.8, 4) is 0 Å². The molecule has 3 aliphatic rings. The normalized spacial score (nSPS) is 23.7. The summed E-state index contributed by atoms with van der Waals surface area (Å²) in [7, 11) is 0. The van der Waals surface area contributed by atoms with Crippen LogP contribution in [0.3, 0.4) is 0 Å². The number of aromatic nitrogens is 2. The highest BCUT2D eigenvalue weighted by Crippen LogP contribution is 2.28. The van der Waals surface area contributed by atoms with E-state index in [1.807, 2.05) is 0 Å². The Balaban J connectivity index is 1.54. The van der Waals surface area contributed by atoms with Crippen molar-refractivity contribution >= 4 is 34.9 Å². The number of anilines is 3. The Morgan fingerprint density at radius 3 is 2.37 bits per heavy atom. The molecule has 3 heterocycles. The van der Waals surface area contributed by atoms with Crippen LogP contribution in [0.25, 0.3) is 0 Å². The number of hydrogen-bond donors (Lipinski definition) is 2. The minimum absolute atomic E-state index is 0.494. The molecule has 6 nitrogen and oxygen atoms in total. The van der Waals surface area contributed by atoms with E-state index in [1.54, 1.807) is 0 Å². The molecular formula is C20H32N6S. The highest BCUT2D eigenvalue weighted by atomic mass is 32.1. The number of thiocarbonyl (C=S) groups is 1. The number of nitrogens with one attached hydrogen (secondary N) is 2. The maximum atomic E-state index is 5.54. The SMILES string of the molecule is CC1CCCCN1c1cc(N2CCCC2)nc(NC(=S)NC2CCCC2)n1.